The van der Waals surface area contributed by atoms with E-state index in [4.69, 9.17) is 0 Å². The molecule has 18 heavy (non-hydrogen) atoms. The molecule has 2 rings (SSSR count). The van der Waals surface area contributed by atoms with Crippen molar-refractivity contribution in [3.05, 3.63) is 17.5 Å². The summed E-state index contributed by atoms with van der Waals surface area (Å²) in [6.45, 7) is 6.10. The van der Waals surface area contributed by atoms with Crippen LogP contribution in [-0.4, -0.2) is 33.6 Å². The van der Waals surface area contributed by atoms with E-state index in [0.29, 0.717) is 5.92 Å². The maximum Gasteiger partial charge on any atom is 0.0754 e. The Morgan fingerprint density at radius 1 is 1.56 bits per heavy atom. The van der Waals surface area contributed by atoms with Crippen molar-refractivity contribution >= 4 is 0 Å². The molecule has 1 aliphatic heterocycles. The largest absolute Gasteiger partial charge is 0.389 e. The number of aryl methyl sites for hydroxylation is 2. The van der Waals surface area contributed by atoms with Crippen LogP contribution >= 0.6 is 0 Å². The van der Waals surface area contributed by atoms with Gasteiger partial charge in [-0.2, -0.15) is 5.10 Å². The molecule has 0 radical (unpaired) electrons. The summed E-state index contributed by atoms with van der Waals surface area (Å²) in [5.74, 6) is 0.339. The van der Waals surface area contributed by atoms with Crippen LogP contribution in [0.15, 0.2) is 6.07 Å². The molecule has 1 aliphatic rings. The van der Waals surface area contributed by atoms with Gasteiger partial charge < -0.3 is 10.4 Å². The van der Waals surface area contributed by atoms with Crippen LogP contribution < -0.4 is 5.32 Å². The molecule has 0 saturated carbocycles. The van der Waals surface area contributed by atoms with Crippen molar-refractivity contribution in [3.8, 4) is 0 Å². The number of piperidine rings is 1. The summed E-state index contributed by atoms with van der Waals surface area (Å²) >= 11 is 0. The van der Waals surface area contributed by atoms with Gasteiger partial charge in [-0.3, -0.25) is 4.68 Å². The second-order valence-electron chi connectivity index (χ2n) is 5.44. The fourth-order valence-corrected chi connectivity index (χ4v) is 2.96. The lowest BCUT2D eigenvalue weighted by molar-refractivity contribution is -0.0427. The summed E-state index contributed by atoms with van der Waals surface area (Å²) in [6, 6.07) is 2.13. The number of aliphatic hydroxyl groups is 1. The lowest BCUT2D eigenvalue weighted by atomic mass is 9.77. The highest BCUT2D eigenvalue weighted by atomic mass is 16.3. The Morgan fingerprint density at radius 3 is 2.94 bits per heavy atom. The molecule has 1 saturated heterocycles. The first-order valence-corrected chi connectivity index (χ1v) is 7.04. The van der Waals surface area contributed by atoms with Gasteiger partial charge in [-0.05, 0) is 31.9 Å². The average molecular weight is 251 g/mol. The molecule has 2 unspecified atom stereocenters. The van der Waals surface area contributed by atoms with Gasteiger partial charge in [-0.25, -0.2) is 0 Å². The van der Waals surface area contributed by atoms with Crippen molar-refractivity contribution in [2.24, 2.45) is 13.0 Å². The minimum atomic E-state index is -0.571. The van der Waals surface area contributed by atoms with Crippen LogP contribution in [0, 0.1) is 5.92 Å². The average Bonchev–Trinajstić information content (AvgIpc) is 2.70. The number of aromatic nitrogens is 2. The van der Waals surface area contributed by atoms with Gasteiger partial charge in [-0.1, -0.05) is 13.8 Å². The van der Waals surface area contributed by atoms with E-state index in [1.807, 2.05) is 11.7 Å². The van der Waals surface area contributed by atoms with Crippen molar-refractivity contribution in [3.63, 3.8) is 0 Å². The zero-order valence-corrected chi connectivity index (χ0v) is 11.7. The topological polar surface area (TPSA) is 50.1 Å². The van der Waals surface area contributed by atoms with E-state index in [1.54, 1.807) is 0 Å². The smallest absolute Gasteiger partial charge is 0.0754 e. The summed E-state index contributed by atoms with van der Waals surface area (Å²) in [4.78, 5) is 0. The zero-order chi connectivity index (χ0) is 13.2. The Hall–Kier alpha value is -0.870. The monoisotopic (exact) mass is 251 g/mol. The van der Waals surface area contributed by atoms with Crippen molar-refractivity contribution in [2.75, 3.05) is 13.1 Å². The normalized spacial score (nSPS) is 28.6. The van der Waals surface area contributed by atoms with E-state index in [2.05, 4.69) is 30.3 Å². The van der Waals surface area contributed by atoms with Crippen LogP contribution in [0.3, 0.4) is 0 Å². The summed E-state index contributed by atoms with van der Waals surface area (Å²) in [5, 5.41) is 18.8. The van der Waals surface area contributed by atoms with Crippen LogP contribution in [-0.2, 0) is 19.9 Å². The molecule has 4 nitrogen and oxygen atoms in total. The molecule has 2 atom stereocenters. The van der Waals surface area contributed by atoms with Gasteiger partial charge in [-0.15, -0.1) is 0 Å². The fraction of sp³-hybridized carbons (Fsp3) is 0.786. The van der Waals surface area contributed by atoms with Gasteiger partial charge in [0.2, 0.25) is 0 Å². The maximum absolute atomic E-state index is 10.9. The molecule has 1 aromatic rings. The van der Waals surface area contributed by atoms with Gasteiger partial charge in [0.1, 0.15) is 0 Å². The van der Waals surface area contributed by atoms with Gasteiger partial charge in [0.05, 0.1) is 11.3 Å². The van der Waals surface area contributed by atoms with Crippen molar-refractivity contribution < 1.29 is 5.11 Å². The molecule has 2 heterocycles. The SMILES string of the molecule is CCc1cc(CC2(O)CCNCC2CC)n(C)n1. The first-order chi connectivity index (χ1) is 8.59. The van der Waals surface area contributed by atoms with Crippen molar-refractivity contribution in [1.82, 2.24) is 15.1 Å². The predicted molar refractivity (Wildman–Crippen MR) is 72.5 cm³/mol. The molecule has 4 heteroatoms. The standard InChI is InChI=1S/C14H25N3O/c1-4-11-10-15-7-6-14(11,18)9-13-8-12(5-2)16-17(13)3/h8,11,15,18H,4-7,9-10H2,1-3H3. The molecule has 0 spiro atoms. The lowest BCUT2D eigenvalue weighted by Gasteiger charge is -2.40. The summed E-state index contributed by atoms with van der Waals surface area (Å²) in [6.07, 6.45) is 3.52. The van der Waals surface area contributed by atoms with E-state index >= 15 is 0 Å². The predicted octanol–water partition coefficient (Wildman–Crippen LogP) is 1.28. The zero-order valence-electron chi connectivity index (χ0n) is 11.7. The first kappa shape index (κ1) is 13.6. The Kier molecular flexibility index (Phi) is 4.07. The highest BCUT2D eigenvalue weighted by Gasteiger charge is 2.38. The van der Waals surface area contributed by atoms with Gasteiger partial charge in [0.25, 0.3) is 0 Å². The highest BCUT2D eigenvalue weighted by Crippen LogP contribution is 2.30. The van der Waals surface area contributed by atoms with Crippen molar-refractivity contribution in [1.29, 1.82) is 0 Å². The molecule has 0 amide bonds. The molecule has 102 valence electrons. The quantitative estimate of drug-likeness (QED) is 0.847. The molecule has 1 fully saturated rings. The third-order valence-electron chi connectivity index (χ3n) is 4.25. The Bertz CT molecular complexity index is 402. The van der Waals surface area contributed by atoms with Gasteiger partial charge >= 0.3 is 0 Å². The number of nitrogens with zero attached hydrogens (tertiary/aromatic N) is 2. The second-order valence-corrected chi connectivity index (χ2v) is 5.44. The fourth-order valence-electron chi connectivity index (χ4n) is 2.96. The number of nitrogens with one attached hydrogen (secondary N) is 1. The number of rotatable bonds is 4. The third-order valence-corrected chi connectivity index (χ3v) is 4.25. The lowest BCUT2D eigenvalue weighted by Crippen LogP contribution is -2.51. The Labute approximate surface area is 109 Å². The van der Waals surface area contributed by atoms with Gasteiger partial charge in [0.15, 0.2) is 0 Å². The van der Waals surface area contributed by atoms with Crippen LogP contribution in [0.2, 0.25) is 0 Å². The number of hydrogen-bond acceptors (Lipinski definition) is 3. The molecule has 2 N–H and O–H groups in total. The Morgan fingerprint density at radius 2 is 2.33 bits per heavy atom. The van der Waals surface area contributed by atoms with Crippen LogP contribution in [0.25, 0.3) is 0 Å². The minimum absolute atomic E-state index is 0.339. The van der Waals surface area contributed by atoms with Gasteiger partial charge in [0, 0.05) is 31.6 Å². The maximum atomic E-state index is 10.9. The molecular formula is C14H25N3O. The van der Waals surface area contributed by atoms with E-state index in [-0.39, 0.29) is 0 Å². The minimum Gasteiger partial charge on any atom is -0.389 e. The third kappa shape index (κ3) is 2.59. The van der Waals surface area contributed by atoms with Crippen LogP contribution in [0.1, 0.15) is 38.1 Å². The molecule has 1 aromatic heterocycles. The Balaban J connectivity index is 2.17. The summed E-state index contributed by atoms with van der Waals surface area (Å²) in [5.41, 5.74) is 1.69. The molecule has 0 aromatic carbocycles. The van der Waals surface area contributed by atoms with E-state index < -0.39 is 5.60 Å². The van der Waals surface area contributed by atoms with E-state index in [1.165, 1.54) is 0 Å². The molecular weight excluding hydrogens is 226 g/mol. The number of hydrogen-bond donors (Lipinski definition) is 2. The second kappa shape index (κ2) is 5.41. The highest BCUT2D eigenvalue weighted by molar-refractivity contribution is 5.14. The summed E-state index contributed by atoms with van der Waals surface area (Å²) in [7, 11) is 1.97. The van der Waals surface area contributed by atoms with Crippen LogP contribution in [0.5, 0.6) is 0 Å². The summed E-state index contributed by atoms with van der Waals surface area (Å²) < 4.78 is 1.92. The van der Waals surface area contributed by atoms with E-state index in [9.17, 15) is 5.11 Å². The first-order valence-electron chi connectivity index (χ1n) is 7.04. The van der Waals surface area contributed by atoms with E-state index in [0.717, 1.165) is 50.2 Å². The molecule has 0 aliphatic carbocycles. The molecule has 0 bridgehead atoms. The van der Waals surface area contributed by atoms with Crippen molar-refractivity contribution in [2.45, 2.75) is 45.1 Å². The van der Waals surface area contributed by atoms with Crippen LogP contribution in [0.4, 0.5) is 0 Å².